The quantitative estimate of drug-likeness (QED) is 0.852. The zero-order valence-electron chi connectivity index (χ0n) is 12.8. The summed E-state index contributed by atoms with van der Waals surface area (Å²) in [7, 11) is 0. The Labute approximate surface area is 131 Å². The van der Waals surface area contributed by atoms with Crippen LogP contribution in [0.1, 0.15) is 41.3 Å². The van der Waals surface area contributed by atoms with Gasteiger partial charge in [-0.2, -0.15) is 0 Å². The van der Waals surface area contributed by atoms with E-state index in [0.717, 1.165) is 29.5 Å². The highest BCUT2D eigenvalue weighted by atomic mass is 16.1. The lowest BCUT2D eigenvalue weighted by Gasteiger charge is -2.36. The van der Waals surface area contributed by atoms with Crippen LogP contribution in [0.15, 0.2) is 54.6 Å². The van der Waals surface area contributed by atoms with E-state index in [1.54, 1.807) is 6.92 Å². The van der Waals surface area contributed by atoms with Gasteiger partial charge < -0.3 is 0 Å². The fraction of sp³-hybridized carbons (Fsp3) is 0.300. The number of rotatable bonds is 4. The van der Waals surface area contributed by atoms with Crippen LogP contribution in [-0.2, 0) is 17.6 Å². The molecular formula is C20H20O2. The Hall–Kier alpha value is -2.22. The Morgan fingerprint density at radius 3 is 2.45 bits per heavy atom. The third-order valence-corrected chi connectivity index (χ3v) is 4.59. The molecular weight excluding hydrogens is 272 g/mol. The number of benzene rings is 2. The first-order valence-corrected chi connectivity index (χ1v) is 7.77. The van der Waals surface area contributed by atoms with Gasteiger partial charge in [-0.05, 0) is 37.3 Å². The molecule has 1 aliphatic rings. The first-order chi connectivity index (χ1) is 10.6. The van der Waals surface area contributed by atoms with E-state index in [1.807, 2.05) is 54.6 Å². The molecule has 0 heterocycles. The minimum Gasteiger partial charge on any atom is -0.300 e. The second kappa shape index (κ2) is 5.88. The summed E-state index contributed by atoms with van der Waals surface area (Å²) in [4.78, 5) is 24.9. The molecule has 3 rings (SSSR count). The average molecular weight is 292 g/mol. The van der Waals surface area contributed by atoms with Gasteiger partial charge in [-0.1, -0.05) is 54.6 Å². The molecule has 2 aromatic rings. The van der Waals surface area contributed by atoms with Crippen LogP contribution in [0.4, 0.5) is 0 Å². The highest BCUT2D eigenvalue weighted by Gasteiger charge is 2.43. The van der Waals surface area contributed by atoms with Gasteiger partial charge in [0.2, 0.25) is 0 Å². The molecule has 0 aromatic heterocycles. The van der Waals surface area contributed by atoms with E-state index in [4.69, 9.17) is 0 Å². The van der Waals surface area contributed by atoms with Crippen molar-refractivity contribution in [2.45, 2.75) is 32.6 Å². The summed E-state index contributed by atoms with van der Waals surface area (Å²) in [6.45, 7) is 1.58. The van der Waals surface area contributed by atoms with Gasteiger partial charge >= 0.3 is 0 Å². The predicted molar refractivity (Wildman–Crippen MR) is 87.0 cm³/mol. The standard InChI is InChI=1S/C20H20O2/c1-15(21)13-20(14-16-7-3-2-4-8-16)12-11-17-9-5-6-10-18(17)19(20)22/h2-10H,11-14H2,1H3/t20-/m1/s1. The minimum atomic E-state index is -0.582. The molecule has 0 radical (unpaired) electrons. The molecule has 2 heteroatoms. The van der Waals surface area contributed by atoms with Gasteiger partial charge in [0, 0.05) is 17.4 Å². The van der Waals surface area contributed by atoms with Crippen LogP contribution in [-0.4, -0.2) is 11.6 Å². The van der Waals surface area contributed by atoms with Crippen molar-refractivity contribution in [1.29, 1.82) is 0 Å². The Balaban J connectivity index is 2.01. The topological polar surface area (TPSA) is 34.1 Å². The molecule has 0 N–H and O–H groups in total. The fourth-order valence-corrected chi connectivity index (χ4v) is 3.60. The maximum absolute atomic E-state index is 13.1. The number of fused-ring (bicyclic) bond motifs is 1. The molecule has 0 aliphatic heterocycles. The van der Waals surface area contributed by atoms with Crippen LogP contribution >= 0.6 is 0 Å². The van der Waals surface area contributed by atoms with E-state index in [9.17, 15) is 9.59 Å². The molecule has 0 bridgehead atoms. The Morgan fingerprint density at radius 1 is 1.05 bits per heavy atom. The van der Waals surface area contributed by atoms with Crippen molar-refractivity contribution in [3.8, 4) is 0 Å². The molecule has 2 aromatic carbocycles. The molecule has 0 unspecified atom stereocenters. The summed E-state index contributed by atoms with van der Waals surface area (Å²) in [5.74, 6) is 0.220. The number of carbonyl (C=O) groups is 2. The summed E-state index contributed by atoms with van der Waals surface area (Å²) in [5.41, 5.74) is 2.45. The largest absolute Gasteiger partial charge is 0.300 e. The second-order valence-corrected chi connectivity index (χ2v) is 6.31. The number of carbonyl (C=O) groups excluding carboxylic acids is 2. The Bertz CT molecular complexity index is 703. The monoisotopic (exact) mass is 292 g/mol. The first-order valence-electron chi connectivity index (χ1n) is 7.77. The van der Waals surface area contributed by atoms with Gasteiger partial charge in [-0.15, -0.1) is 0 Å². The van der Waals surface area contributed by atoms with Gasteiger partial charge in [0.25, 0.3) is 0 Å². The van der Waals surface area contributed by atoms with Gasteiger partial charge in [0.15, 0.2) is 5.78 Å². The van der Waals surface area contributed by atoms with E-state index in [1.165, 1.54) is 0 Å². The van der Waals surface area contributed by atoms with Crippen LogP contribution < -0.4 is 0 Å². The lowest BCUT2D eigenvalue weighted by atomic mass is 9.65. The lowest BCUT2D eigenvalue weighted by Crippen LogP contribution is -2.39. The van der Waals surface area contributed by atoms with Crippen LogP contribution in [0, 0.1) is 5.41 Å². The summed E-state index contributed by atoms with van der Waals surface area (Å²) >= 11 is 0. The maximum Gasteiger partial charge on any atom is 0.170 e. The number of hydrogen-bond donors (Lipinski definition) is 0. The van der Waals surface area contributed by atoms with Crippen LogP contribution in [0.3, 0.4) is 0 Å². The lowest BCUT2D eigenvalue weighted by molar-refractivity contribution is -0.118. The number of Topliss-reactive ketones (excluding diaryl/α,β-unsaturated/α-hetero) is 2. The smallest absolute Gasteiger partial charge is 0.170 e. The average Bonchev–Trinajstić information content (AvgIpc) is 2.52. The van der Waals surface area contributed by atoms with Crippen LogP contribution in [0.5, 0.6) is 0 Å². The summed E-state index contributed by atoms with van der Waals surface area (Å²) in [5, 5.41) is 0. The van der Waals surface area contributed by atoms with Crippen molar-refractivity contribution < 1.29 is 9.59 Å². The van der Waals surface area contributed by atoms with Crippen molar-refractivity contribution in [3.63, 3.8) is 0 Å². The third kappa shape index (κ3) is 2.74. The third-order valence-electron chi connectivity index (χ3n) is 4.59. The van der Waals surface area contributed by atoms with Crippen molar-refractivity contribution >= 4 is 11.6 Å². The molecule has 0 fully saturated rings. The molecule has 2 nitrogen and oxygen atoms in total. The molecule has 0 saturated carbocycles. The fourth-order valence-electron chi connectivity index (χ4n) is 3.60. The normalized spacial score (nSPS) is 20.5. The van der Waals surface area contributed by atoms with Crippen LogP contribution in [0.25, 0.3) is 0 Å². The van der Waals surface area contributed by atoms with Gasteiger partial charge in [-0.25, -0.2) is 0 Å². The van der Waals surface area contributed by atoms with Crippen molar-refractivity contribution in [1.82, 2.24) is 0 Å². The minimum absolute atomic E-state index is 0.0867. The van der Waals surface area contributed by atoms with E-state index >= 15 is 0 Å². The zero-order valence-corrected chi connectivity index (χ0v) is 12.8. The van der Waals surface area contributed by atoms with Crippen molar-refractivity contribution in [3.05, 3.63) is 71.3 Å². The first kappa shape index (κ1) is 14.7. The van der Waals surface area contributed by atoms with E-state index in [2.05, 4.69) is 0 Å². The zero-order chi connectivity index (χ0) is 15.6. The molecule has 1 aliphatic carbocycles. The molecule has 112 valence electrons. The number of hydrogen-bond acceptors (Lipinski definition) is 2. The Kier molecular flexibility index (Phi) is 3.93. The molecule has 0 saturated heterocycles. The number of ketones is 2. The highest BCUT2D eigenvalue weighted by molar-refractivity contribution is 6.04. The number of aryl methyl sites for hydroxylation is 1. The summed E-state index contributed by atoms with van der Waals surface area (Å²) in [6.07, 6.45) is 2.58. The molecule has 1 atom stereocenters. The maximum atomic E-state index is 13.1. The summed E-state index contributed by atoms with van der Waals surface area (Å²) in [6, 6.07) is 17.8. The van der Waals surface area contributed by atoms with Crippen LogP contribution in [0.2, 0.25) is 0 Å². The molecule has 0 spiro atoms. The van der Waals surface area contributed by atoms with E-state index in [0.29, 0.717) is 12.8 Å². The summed E-state index contributed by atoms with van der Waals surface area (Å²) < 4.78 is 0. The highest BCUT2D eigenvalue weighted by Crippen LogP contribution is 2.41. The van der Waals surface area contributed by atoms with E-state index < -0.39 is 5.41 Å². The molecule has 22 heavy (non-hydrogen) atoms. The van der Waals surface area contributed by atoms with Crippen molar-refractivity contribution in [2.24, 2.45) is 5.41 Å². The van der Waals surface area contributed by atoms with Crippen molar-refractivity contribution in [2.75, 3.05) is 0 Å². The van der Waals surface area contributed by atoms with E-state index in [-0.39, 0.29) is 11.6 Å². The SMILES string of the molecule is CC(=O)C[C@@]1(Cc2ccccc2)CCc2ccccc2C1=O. The van der Waals surface area contributed by atoms with Gasteiger partial charge in [0.05, 0.1) is 0 Å². The molecule has 0 amide bonds. The van der Waals surface area contributed by atoms with Gasteiger partial charge in [-0.3, -0.25) is 9.59 Å². The second-order valence-electron chi connectivity index (χ2n) is 6.31. The Morgan fingerprint density at radius 2 is 1.73 bits per heavy atom. The predicted octanol–water partition coefficient (Wildman–Crippen LogP) is 4.02. The van der Waals surface area contributed by atoms with Gasteiger partial charge in [0.1, 0.15) is 5.78 Å².